The van der Waals surface area contributed by atoms with E-state index in [9.17, 15) is 4.79 Å². The van der Waals surface area contributed by atoms with Gasteiger partial charge in [-0.05, 0) is 91.5 Å². The first-order valence-electron chi connectivity index (χ1n) is 11.8. The van der Waals surface area contributed by atoms with Gasteiger partial charge in [0.25, 0.3) is 0 Å². The highest BCUT2D eigenvalue weighted by Crippen LogP contribution is 2.40. The SMILES string of the molecule is Cc1cc(N(C)c2cc(C3CCCCC3)cc(C3CCCCC3)c2)ccc1C(N)=O. The maximum Gasteiger partial charge on any atom is 0.248 e. The van der Waals surface area contributed by atoms with Crippen LogP contribution in [-0.4, -0.2) is 13.0 Å². The molecule has 2 aliphatic carbocycles. The third kappa shape index (κ3) is 4.55. The summed E-state index contributed by atoms with van der Waals surface area (Å²) >= 11 is 0. The van der Waals surface area contributed by atoms with Crippen molar-refractivity contribution in [2.24, 2.45) is 5.73 Å². The molecule has 0 unspecified atom stereocenters. The van der Waals surface area contributed by atoms with Crippen LogP contribution >= 0.6 is 0 Å². The highest BCUT2D eigenvalue weighted by Gasteiger charge is 2.22. The van der Waals surface area contributed by atoms with Crippen LogP contribution in [0.15, 0.2) is 36.4 Å². The number of primary amides is 1. The summed E-state index contributed by atoms with van der Waals surface area (Å²) in [5.74, 6) is 1.04. The van der Waals surface area contributed by atoms with Crippen molar-refractivity contribution in [3.05, 3.63) is 58.7 Å². The Kier molecular flexibility index (Phi) is 6.46. The first-order chi connectivity index (χ1) is 14.5. The van der Waals surface area contributed by atoms with Crippen molar-refractivity contribution < 1.29 is 4.79 Å². The molecule has 2 N–H and O–H groups in total. The van der Waals surface area contributed by atoms with Gasteiger partial charge in [0, 0.05) is 24.0 Å². The van der Waals surface area contributed by atoms with Gasteiger partial charge in [0.05, 0.1) is 0 Å². The number of carbonyl (C=O) groups is 1. The molecule has 0 aliphatic heterocycles. The number of anilines is 2. The standard InChI is InChI=1S/C27H36N2O/c1-19-15-24(13-14-26(19)27(28)30)29(2)25-17-22(20-9-5-3-6-10-20)16-23(18-25)21-11-7-4-8-12-21/h13-18,20-21H,3-12H2,1-2H3,(H2,28,30). The Morgan fingerprint density at radius 1 is 0.800 bits per heavy atom. The van der Waals surface area contributed by atoms with Gasteiger partial charge in [-0.3, -0.25) is 4.79 Å². The third-order valence-corrected chi connectivity index (χ3v) is 7.37. The first kappa shape index (κ1) is 21.0. The van der Waals surface area contributed by atoms with Gasteiger partial charge >= 0.3 is 0 Å². The van der Waals surface area contributed by atoms with Crippen LogP contribution in [0.5, 0.6) is 0 Å². The monoisotopic (exact) mass is 404 g/mol. The number of aryl methyl sites for hydroxylation is 1. The van der Waals surface area contributed by atoms with Crippen LogP contribution in [0.25, 0.3) is 0 Å². The van der Waals surface area contributed by atoms with Crippen LogP contribution in [0.2, 0.25) is 0 Å². The molecule has 0 saturated heterocycles. The summed E-state index contributed by atoms with van der Waals surface area (Å²) in [7, 11) is 2.14. The number of amides is 1. The van der Waals surface area contributed by atoms with Crippen molar-refractivity contribution in [1.29, 1.82) is 0 Å². The quantitative estimate of drug-likeness (QED) is 0.585. The number of hydrogen-bond donors (Lipinski definition) is 1. The summed E-state index contributed by atoms with van der Waals surface area (Å²) in [6.07, 6.45) is 13.5. The number of carbonyl (C=O) groups excluding carboxylic acids is 1. The summed E-state index contributed by atoms with van der Waals surface area (Å²) in [5, 5.41) is 0. The molecule has 2 fully saturated rings. The Hall–Kier alpha value is -2.29. The smallest absolute Gasteiger partial charge is 0.248 e. The van der Waals surface area contributed by atoms with E-state index < -0.39 is 0 Å². The fourth-order valence-electron chi connectivity index (χ4n) is 5.48. The Balaban J connectivity index is 1.69. The normalized spacial score (nSPS) is 18.3. The van der Waals surface area contributed by atoms with E-state index in [1.54, 1.807) is 0 Å². The second-order valence-electron chi connectivity index (χ2n) is 9.45. The van der Waals surface area contributed by atoms with E-state index >= 15 is 0 Å². The van der Waals surface area contributed by atoms with Crippen molar-refractivity contribution in [3.63, 3.8) is 0 Å². The van der Waals surface area contributed by atoms with Crippen molar-refractivity contribution in [2.75, 3.05) is 11.9 Å². The van der Waals surface area contributed by atoms with E-state index in [0.717, 1.165) is 11.3 Å². The molecule has 0 spiro atoms. The highest BCUT2D eigenvalue weighted by atomic mass is 16.1. The molecule has 0 atom stereocenters. The molecule has 2 aliphatic rings. The van der Waals surface area contributed by atoms with Gasteiger partial charge in [0.15, 0.2) is 0 Å². The summed E-state index contributed by atoms with van der Waals surface area (Å²) in [4.78, 5) is 13.9. The van der Waals surface area contributed by atoms with Crippen molar-refractivity contribution >= 4 is 17.3 Å². The number of nitrogens with zero attached hydrogens (tertiary/aromatic N) is 1. The number of nitrogens with two attached hydrogens (primary N) is 1. The lowest BCUT2D eigenvalue weighted by Gasteiger charge is -2.29. The van der Waals surface area contributed by atoms with E-state index in [-0.39, 0.29) is 5.91 Å². The third-order valence-electron chi connectivity index (χ3n) is 7.37. The lowest BCUT2D eigenvalue weighted by molar-refractivity contribution is 0.0999. The largest absolute Gasteiger partial charge is 0.366 e. The van der Waals surface area contributed by atoms with Crippen LogP contribution in [0.4, 0.5) is 11.4 Å². The second-order valence-corrected chi connectivity index (χ2v) is 9.45. The molecule has 160 valence electrons. The van der Waals surface area contributed by atoms with Gasteiger partial charge < -0.3 is 10.6 Å². The molecule has 2 aromatic carbocycles. The molecule has 0 aromatic heterocycles. The van der Waals surface area contributed by atoms with Crippen LogP contribution in [0.3, 0.4) is 0 Å². The second kappa shape index (κ2) is 9.24. The fourth-order valence-corrected chi connectivity index (χ4v) is 5.48. The minimum absolute atomic E-state index is 0.361. The van der Waals surface area contributed by atoms with Crippen LogP contribution in [0, 0.1) is 6.92 Å². The zero-order valence-corrected chi connectivity index (χ0v) is 18.6. The molecule has 2 saturated carbocycles. The molecular formula is C27H36N2O. The van der Waals surface area contributed by atoms with Crippen LogP contribution < -0.4 is 10.6 Å². The summed E-state index contributed by atoms with van der Waals surface area (Å²) in [6, 6.07) is 13.3. The van der Waals surface area contributed by atoms with Gasteiger partial charge in [-0.25, -0.2) is 0 Å². The van der Waals surface area contributed by atoms with Gasteiger partial charge in [0.2, 0.25) is 5.91 Å². The lowest BCUT2D eigenvalue weighted by atomic mass is 9.79. The van der Waals surface area contributed by atoms with Gasteiger partial charge in [-0.15, -0.1) is 0 Å². The maximum absolute atomic E-state index is 11.6. The average molecular weight is 405 g/mol. The molecular weight excluding hydrogens is 368 g/mol. The summed E-state index contributed by atoms with van der Waals surface area (Å²) in [6.45, 7) is 1.96. The van der Waals surface area contributed by atoms with Crippen LogP contribution in [-0.2, 0) is 0 Å². The number of hydrogen-bond acceptors (Lipinski definition) is 2. The van der Waals surface area contributed by atoms with E-state index in [0.29, 0.717) is 17.4 Å². The Labute approximate surface area is 181 Å². The summed E-state index contributed by atoms with van der Waals surface area (Å²) < 4.78 is 0. The number of benzene rings is 2. The predicted molar refractivity (Wildman–Crippen MR) is 126 cm³/mol. The highest BCUT2D eigenvalue weighted by molar-refractivity contribution is 5.94. The first-order valence-corrected chi connectivity index (χ1v) is 11.8. The molecule has 0 radical (unpaired) electrons. The van der Waals surface area contributed by atoms with E-state index in [2.05, 4.69) is 36.2 Å². The van der Waals surface area contributed by atoms with Crippen molar-refractivity contribution in [1.82, 2.24) is 0 Å². The minimum Gasteiger partial charge on any atom is -0.366 e. The molecule has 2 aromatic rings. The van der Waals surface area contributed by atoms with Gasteiger partial charge in [-0.1, -0.05) is 44.6 Å². The zero-order valence-electron chi connectivity index (χ0n) is 18.6. The topological polar surface area (TPSA) is 46.3 Å². The predicted octanol–water partition coefficient (Wildman–Crippen LogP) is 6.96. The molecule has 3 heteroatoms. The number of rotatable bonds is 5. The minimum atomic E-state index is -0.361. The molecule has 0 heterocycles. The molecule has 3 nitrogen and oxygen atoms in total. The maximum atomic E-state index is 11.6. The zero-order chi connectivity index (χ0) is 21.1. The Morgan fingerprint density at radius 2 is 1.33 bits per heavy atom. The Morgan fingerprint density at radius 3 is 1.80 bits per heavy atom. The molecule has 0 bridgehead atoms. The average Bonchev–Trinajstić information content (AvgIpc) is 2.79. The molecule has 4 rings (SSSR count). The molecule has 1 amide bonds. The van der Waals surface area contributed by atoms with Crippen molar-refractivity contribution in [2.45, 2.75) is 83.0 Å². The fraction of sp³-hybridized carbons (Fsp3) is 0.519. The van der Waals surface area contributed by atoms with E-state index in [4.69, 9.17) is 5.73 Å². The van der Waals surface area contributed by atoms with Gasteiger partial charge in [0.1, 0.15) is 0 Å². The van der Waals surface area contributed by atoms with E-state index in [1.165, 1.54) is 81.0 Å². The van der Waals surface area contributed by atoms with E-state index in [1.807, 2.05) is 19.1 Å². The molecule has 30 heavy (non-hydrogen) atoms. The van der Waals surface area contributed by atoms with Crippen LogP contribution in [0.1, 0.15) is 103 Å². The summed E-state index contributed by atoms with van der Waals surface area (Å²) in [5.41, 5.74) is 12.5. The van der Waals surface area contributed by atoms with Gasteiger partial charge in [-0.2, -0.15) is 0 Å². The Bertz CT molecular complexity index is 855. The van der Waals surface area contributed by atoms with Crippen molar-refractivity contribution in [3.8, 4) is 0 Å². The lowest BCUT2D eigenvalue weighted by Crippen LogP contribution is -2.15.